The number of carbonyl (C=O) groups is 2. The molecule has 2 aromatic rings. The molecule has 0 radical (unpaired) electrons. The van der Waals surface area contributed by atoms with Crippen molar-refractivity contribution in [2.24, 2.45) is 0 Å². The molecule has 1 N–H and O–H groups in total. The first kappa shape index (κ1) is 17.2. The molecule has 1 unspecified atom stereocenters. The lowest BCUT2D eigenvalue weighted by molar-refractivity contribution is -0.121. The maximum atomic E-state index is 12.1. The SMILES string of the molecule is COC(=O)c1ccccc1CN1CCNC(=O)CC1c1ccccc1. The van der Waals surface area contributed by atoms with Crippen LogP contribution >= 0.6 is 0 Å². The third-order valence-electron chi connectivity index (χ3n) is 4.52. The number of esters is 1. The zero-order chi connectivity index (χ0) is 17.6. The Balaban J connectivity index is 1.91. The van der Waals surface area contributed by atoms with Crippen molar-refractivity contribution in [3.63, 3.8) is 0 Å². The average Bonchev–Trinajstić information content (AvgIpc) is 2.83. The largest absolute Gasteiger partial charge is 0.465 e. The van der Waals surface area contributed by atoms with Gasteiger partial charge in [-0.1, -0.05) is 48.5 Å². The van der Waals surface area contributed by atoms with Crippen LogP contribution in [0.4, 0.5) is 0 Å². The van der Waals surface area contributed by atoms with Crippen molar-refractivity contribution in [2.45, 2.75) is 19.0 Å². The number of rotatable bonds is 4. The van der Waals surface area contributed by atoms with E-state index in [0.717, 1.165) is 17.7 Å². The van der Waals surface area contributed by atoms with Gasteiger partial charge in [-0.25, -0.2) is 4.79 Å². The van der Waals surface area contributed by atoms with Crippen LogP contribution in [0.5, 0.6) is 0 Å². The smallest absolute Gasteiger partial charge is 0.338 e. The molecule has 3 rings (SSSR count). The van der Waals surface area contributed by atoms with E-state index in [4.69, 9.17) is 4.74 Å². The lowest BCUT2D eigenvalue weighted by Crippen LogP contribution is -2.31. The lowest BCUT2D eigenvalue weighted by atomic mass is 10.00. The summed E-state index contributed by atoms with van der Waals surface area (Å²) in [4.78, 5) is 26.4. The minimum Gasteiger partial charge on any atom is -0.465 e. The summed E-state index contributed by atoms with van der Waals surface area (Å²) in [5.74, 6) is -0.284. The van der Waals surface area contributed by atoms with E-state index in [0.29, 0.717) is 25.1 Å². The zero-order valence-electron chi connectivity index (χ0n) is 14.3. The van der Waals surface area contributed by atoms with Crippen molar-refractivity contribution in [3.8, 4) is 0 Å². The maximum absolute atomic E-state index is 12.1. The Labute approximate surface area is 147 Å². The summed E-state index contributed by atoms with van der Waals surface area (Å²) >= 11 is 0. The van der Waals surface area contributed by atoms with Crippen LogP contribution in [0.1, 0.15) is 33.9 Å². The van der Waals surface area contributed by atoms with E-state index in [1.54, 1.807) is 6.07 Å². The first-order valence-corrected chi connectivity index (χ1v) is 8.41. The summed E-state index contributed by atoms with van der Waals surface area (Å²) in [7, 11) is 1.39. The van der Waals surface area contributed by atoms with Gasteiger partial charge in [0, 0.05) is 32.1 Å². The quantitative estimate of drug-likeness (QED) is 0.871. The van der Waals surface area contributed by atoms with E-state index < -0.39 is 0 Å². The van der Waals surface area contributed by atoms with Gasteiger partial charge in [0.15, 0.2) is 0 Å². The second-order valence-electron chi connectivity index (χ2n) is 6.10. The number of amides is 1. The Morgan fingerprint density at radius 1 is 1.16 bits per heavy atom. The van der Waals surface area contributed by atoms with Crippen LogP contribution in [0.3, 0.4) is 0 Å². The Morgan fingerprint density at radius 3 is 2.64 bits per heavy atom. The van der Waals surface area contributed by atoms with Crippen molar-refractivity contribution in [2.75, 3.05) is 20.2 Å². The molecule has 1 fully saturated rings. The van der Waals surface area contributed by atoms with Gasteiger partial charge in [0.1, 0.15) is 0 Å². The van der Waals surface area contributed by atoms with Gasteiger partial charge in [0.2, 0.25) is 5.91 Å². The summed E-state index contributed by atoms with van der Waals surface area (Å²) in [6.45, 7) is 1.91. The van der Waals surface area contributed by atoms with E-state index in [2.05, 4.69) is 10.2 Å². The molecule has 5 heteroatoms. The van der Waals surface area contributed by atoms with Crippen molar-refractivity contribution in [1.29, 1.82) is 0 Å². The van der Waals surface area contributed by atoms with Gasteiger partial charge >= 0.3 is 5.97 Å². The third kappa shape index (κ3) is 4.06. The summed E-state index contributed by atoms with van der Waals surface area (Å²) in [6, 6.07) is 17.5. The van der Waals surface area contributed by atoms with Gasteiger partial charge in [-0.2, -0.15) is 0 Å². The molecule has 0 aliphatic carbocycles. The second kappa shape index (κ2) is 7.94. The molecule has 0 bridgehead atoms. The van der Waals surface area contributed by atoms with Crippen LogP contribution in [0.15, 0.2) is 54.6 Å². The average molecular weight is 338 g/mol. The van der Waals surface area contributed by atoms with Gasteiger partial charge in [-0.3, -0.25) is 9.69 Å². The molecule has 5 nitrogen and oxygen atoms in total. The van der Waals surface area contributed by atoms with Crippen LogP contribution in [0.25, 0.3) is 0 Å². The Kier molecular flexibility index (Phi) is 5.46. The van der Waals surface area contributed by atoms with E-state index in [9.17, 15) is 9.59 Å². The number of carbonyl (C=O) groups excluding carboxylic acids is 2. The first-order chi connectivity index (χ1) is 12.2. The molecule has 0 spiro atoms. The standard InChI is InChI=1S/C20H22N2O3/c1-25-20(24)17-10-6-5-9-16(17)14-22-12-11-21-19(23)13-18(22)15-7-3-2-4-8-15/h2-10,18H,11-14H2,1H3,(H,21,23). The number of nitrogens with one attached hydrogen (secondary N) is 1. The molecule has 25 heavy (non-hydrogen) atoms. The van der Waals surface area contributed by atoms with Crippen molar-refractivity contribution in [3.05, 3.63) is 71.3 Å². The molecule has 1 atom stereocenters. The summed E-state index contributed by atoms with van der Waals surface area (Å²) in [5, 5.41) is 2.94. The highest BCUT2D eigenvalue weighted by atomic mass is 16.5. The highest BCUT2D eigenvalue weighted by Crippen LogP contribution is 2.28. The number of benzene rings is 2. The van der Waals surface area contributed by atoms with Crippen molar-refractivity contribution < 1.29 is 14.3 Å². The fourth-order valence-electron chi connectivity index (χ4n) is 3.25. The highest BCUT2D eigenvalue weighted by Gasteiger charge is 2.27. The van der Waals surface area contributed by atoms with E-state index >= 15 is 0 Å². The number of methoxy groups -OCH3 is 1. The zero-order valence-corrected chi connectivity index (χ0v) is 14.3. The predicted octanol–water partition coefficient (Wildman–Crippen LogP) is 2.54. The summed E-state index contributed by atoms with van der Waals surface area (Å²) in [6.07, 6.45) is 0.407. The highest BCUT2D eigenvalue weighted by molar-refractivity contribution is 5.91. The van der Waals surface area contributed by atoms with Crippen LogP contribution < -0.4 is 5.32 Å². The van der Waals surface area contributed by atoms with Crippen molar-refractivity contribution >= 4 is 11.9 Å². The molecule has 2 aromatic carbocycles. The second-order valence-corrected chi connectivity index (χ2v) is 6.10. The minimum atomic E-state index is -0.337. The fourth-order valence-corrected chi connectivity index (χ4v) is 3.25. The normalized spacial score (nSPS) is 18.3. The topological polar surface area (TPSA) is 58.6 Å². The molecule has 130 valence electrons. The molecule has 0 aromatic heterocycles. The van der Waals surface area contributed by atoms with Gasteiger partial charge in [-0.15, -0.1) is 0 Å². The molecule has 0 saturated carbocycles. The van der Waals surface area contributed by atoms with Crippen LogP contribution in [0.2, 0.25) is 0 Å². The number of hydrogen-bond acceptors (Lipinski definition) is 4. The van der Waals surface area contributed by atoms with Crippen LogP contribution in [-0.4, -0.2) is 37.0 Å². The molecule has 1 aliphatic rings. The number of ether oxygens (including phenoxy) is 1. The molecular formula is C20H22N2O3. The van der Waals surface area contributed by atoms with E-state index in [1.807, 2.05) is 48.5 Å². The number of nitrogens with zero attached hydrogens (tertiary/aromatic N) is 1. The first-order valence-electron chi connectivity index (χ1n) is 8.41. The molecular weight excluding hydrogens is 316 g/mol. The van der Waals surface area contributed by atoms with Gasteiger partial charge in [0.05, 0.1) is 12.7 Å². The Bertz CT molecular complexity index is 746. The Hall–Kier alpha value is -2.66. The fraction of sp³-hybridized carbons (Fsp3) is 0.300. The van der Waals surface area contributed by atoms with E-state index in [1.165, 1.54) is 7.11 Å². The summed E-state index contributed by atoms with van der Waals surface area (Å²) < 4.78 is 4.90. The third-order valence-corrected chi connectivity index (χ3v) is 4.52. The summed E-state index contributed by atoms with van der Waals surface area (Å²) in [5.41, 5.74) is 2.58. The predicted molar refractivity (Wildman–Crippen MR) is 95.0 cm³/mol. The molecule has 1 aliphatic heterocycles. The van der Waals surface area contributed by atoms with Crippen LogP contribution in [-0.2, 0) is 16.1 Å². The molecule has 1 saturated heterocycles. The van der Waals surface area contributed by atoms with Crippen molar-refractivity contribution in [1.82, 2.24) is 10.2 Å². The van der Waals surface area contributed by atoms with Gasteiger partial charge in [0.25, 0.3) is 0 Å². The molecule has 1 heterocycles. The monoisotopic (exact) mass is 338 g/mol. The van der Waals surface area contributed by atoms with Gasteiger partial charge in [-0.05, 0) is 17.2 Å². The minimum absolute atomic E-state index is 0.0191. The van der Waals surface area contributed by atoms with E-state index in [-0.39, 0.29) is 17.9 Å². The van der Waals surface area contributed by atoms with Gasteiger partial charge < -0.3 is 10.1 Å². The van der Waals surface area contributed by atoms with Crippen LogP contribution in [0, 0.1) is 0 Å². The molecule has 1 amide bonds. The number of hydrogen-bond donors (Lipinski definition) is 1. The lowest BCUT2D eigenvalue weighted by Gasteiger charge is -2.30. The maximum Gasteiger partial charge on any atom is 0.338 e. The Morgan fingerprint density at radius 2 is 1.88 bits per heavy atom.